The Labute approximate surface area is 204 Å². The first-order valence-electron chi connectivity index (χ1n) is 10.5. The molecule has 36 heavy (non-hydrogen) atoms. The molecule has 0 aliphatic rings. The van der Waals surface area contributed by atoms with Crippen LogP contribution in [0.5, 0.6) is 0 Å². The average Bonchev–Trinajstić information content (AvgIpc) is 3.22. The summed E-state index contributed by atoms with van der Waals surface area (Å²) < 4.78 is 33.5. The Balaban J connectivity index is 0.000000454. The van der Waals surface area contributed by atoms with Crippen LogP contribution in [0.3, 0.4) is 0 Å². The minimum Gasteiger partial charge on any atom is -0.475 e. The van der Waals surface area contributed by atoms with Crippen molar-refractivity contribution in [3.8, 4) is 11.1 Å². The minimum atomic E-state index is -5.08. The van der Waals surface area contributed by atoms with E-state index >= 15 is 0 Å². The predicted octanol–water partition coefficient (Wildman–Crippen LogP) is 5.42. The molecule has 0 radical (unpaired) electrons. The number of carboxylic acid groups (broad SMARTS) is 1. The Morgan fingerprint density at radius 2 is 1.53 bits per heavy atom. The third-order valence-electron chi connectivity index (χ3n) is 4.77. The maximum absolute atomic E-state index is 12.7. The zero-order chi connectivity index (χ0) is 26.3. The highest BCUT2D eigenvalue weighted by Gasteiger charge is 2.38. The molecule has 11 heteroatoms. The summed E-state index contributed by atoms with van der Waals surface area (Å²) in [5, 5.41) is 13.2. The molecule has 0 unspecified atom stereocenters. The number of carbonyl (C=O) groups is 2. The number of nitrogens with zero attached hydrogens (tertiary/aromatic N) is 3. The maximum Gasteiger partial charge on any atom is 0.490 e. The van der Waals surface area contributed by atoms with E-state index in [2.05, 4.69) is 20.6 Å². The van der Waals surface area contributed by atoms with Gasteiger partial charge in [0.25, 0.3) is 5.91 Å². The van der Waals surface area contributed by atoms with Gasteiger partial charge in [0, 0.05) is 48.1 Å². The van der Waals surface area contributed by atoms with E-state index < -0.39 is 12.1 Å². The van der Waals surface area contributed by atoms with Crippen LogP contribution in [-0.2, 0) is 11.8 Å². The van der Waals surface area contributed by atoms with Gasteiger partial charge in [-0.2, -0.15) is 13.2 Å². The summed E-state index contributed by atoms with van der Waals surface area (Å²) >= 11 is 0. The van der Waals surface area contributed by atoms with Gasteiger partial charge in [-0.05, 0) is 42.8 Å². The molecule has 0 saturated heterocycles. The topological polar surface area (TPSA) is 109 Å². The number of anilines is 3. The molecule has 4 rings (SSSR count). The Morgan fingerprint density at radius 1 is 0.917 bits per heavy atom. The summed E-state index contributed by atoms with van der Waals surface area (Å²) in [5.41, 5.74) is 5.08. The molecule has 0 spiro atoms. The van der Waals surface area contributed by atoms with Gasteiger partial charge in [-0.25, -0.2) is 14.8 Å². The van der Waals surface area contributed by atoms with E-state index in [0.29, 0.717) is 11.6 Å². The van der Waals surface area contributed by atoms with Gasteiger partial charge < -0.3 is 20.3 Å². The Hall–Kier alpha value is -4.67. The van der Waals surface area contributed by atoms with Crippen molar-refractivity contribution in [1.82, 2.24) is 14.5 Å². The molecule has 186 valence electrons. The number of alkyl halides is 3. The van der Waals surface area contributed by atoms with Gasteiger partial charge in [-0.15, -0.1) is 0 Å². The molecule has 0 saturated carbocycles. The summed E-state index contributed by atoms with van der Waals surface area (Å²) in [4.78, 5) is 30.3. The number of aliphatic carboxylic acids is 1. The van der Waals surface area contributed by atoms with Crippen molar-refractivity contribution in [2.45, 2.75) is 13.1 Å². The fourth-order valence-electron chi connectivity index (χ4n) is 3.06. The Bertz CT molecular complexity index is 1340. The number of rotatable bonds is 5. The molecular weight excluding hydrogens is 475 g/mol. The van der Waals surface area contributed by atoms with Gasteiger partial charge in [-0.3, -0.25) is 4.79 Å². The summed E-state index contributed by atoms with van der Waals surface area (Å²) in [5.74, 6) is -2.39. The smallest absolute Gasteiger partial charge is 0.475 e. The molecule has 0 bridgehead atoms. The maximum atomic E-state index is 12.7. The summed E-state index contributed by atoms with van der Waals surface area (Å²) in [6.45, 7) is 1.99. The van der Waals surface area contributed by atoms with Crippen LogP contribution in [0.4, 0.5) is 30.5 Å². The normalized spacial score (nSPS) is 10.7. The van der Waals surface area contributed by atoms with Crippen LogP contribution in [0.2, 0.25) is 0 Å². The van der Waals surface area contributed by atoms with Crippen LogP contribution in [0.1, 0.15) is 16.1 Å². The van der Waals surface area contributed by atoms with E-state index in [4.69, 9.17) is 9.90 Å². The van der Waals surface area contributed by atoms with Crippen LogP contribution < -0.4 is 10.6 Å². The molecule has 0 atom stereocenters. The number of aryl methyl sites for hydroxylation is 2. The Kier molecular flexibility index (Phi) is 8.05. The van der Waals surface area contributed by atoms with E-state index in [-0.39, 0.29) is 5.91 Å². The highest BCUT2D eigenvalue weighted by molar-refractivity contribution is 6.04. The average molecular weight is 497 g/mol. The highest BCUT2D eigenvalue weighted by atomic mass is 19.4. The molecule has 0 aliphatic heterocycles. The fourth-order valence-corrected chi connectivity index (χ4v) is 3.06. The Morgan fingerprint density at radius 3 is 2.11 bits per heavy atom. The van der Waals surface area contributed by atoms with Gasteiger partial charge in [0.1, 0.15) is 5.69 Å². The lowest BCUT2D eigenvalue weighted by molar-refractivity contribution is -0.192. The molecule has 4 aromatic rings. The lowest BCUT2D eigenvalue weighted by atomic mass is 10.2. The van der Waals surface area contributed by atoms with Crippen LogP contribution >= 0.6 is 0 Å². The number of hydrogen-bond acceptors (Lipinski definition) is 5. The first-order chi connectivity index (χ1) is 17.0. The monoisotopic (exact) mass is 497 g/mol. The SMILES string of the molecule is Cc1cccc(NC(=O)c2cc(-c3cnc(Nc4ccccc4)nc3)cn2C)c1.O=C(O)C(F)(F)F. The van der Waals surface area contributed by atoms with E-state index in [9.17, 15) is 18.0 Å². The highest BCUT2D eigenvalue weighted by Crippen LogP contribution is 2.23. The number of carboxylic acids is 1. The summed E-state index contributed by atoms with van der Waals surface area (Å²) in [7, 11) is 1.85. The van der Waals surface area contributed by atoms with Crippen molar-refractivity contribution < 1.29 is 27.9 Å². The second kappa shape index (κ2) is 11.2. The van der Waals surface area contributed by atoms with Crippen molar-refractivity contribution in [3.05, 3.63) is 90.5 Å². The summed E-state index contributed by atoms with van der Waals surface area (Å²) in [6.07, 6.45) is 0.305. The molecule has 2 aromatic heterocycles. The third kappa shape index (κ3) is 7.16. The van der Waals surface area contributed by atoms with E-state index in [1.807, 2.05) is 80.8 Å². The zero-order valence-corrected chi connectivity index (χ0v) is 19.2. The van der Waals surface area contributed by atoms with Gasteiger partial charge in [0.05, 0.1) is 0 Å². The van der Waals surface area contributed by atoms with Gasteiger partial charge in [0.2, 0.25) is 5.95 Å². The van der Waals surface area contributed by atoms with E-state index in [0.717, 1.165) is 28.1 Å². The largest absolute Gasteiger partial charge is 0.490 e. The lowest BCUT2D eigenvalue weighted by Crippen LogP contribution is -2.21. The number of halogens is 3. The number of para-hydroxylation sites is 1. The summed E-state index contributed by atoms with van der Waals surface area (Å²) in [6, 6.07) is 19.3. The third-order valence-corrected chi connectivity index (χ3v) is 4.77. The minimum absolute atomic E-state index is 0.160. The number of hydrogen-bond donors (Lipinski definition) is 3. The fraction of sp³-hybridized carbons (Fsp3) is 0.120. The van der Waals surface area contributed by atoms with Crippen LogP contribution in [0.15, 0.2) is 79.3 Å². The predicted molar refractivity (Wildman–Crippen MR) is 129 cm³/mol. The van der Waals surface area contributed by atoms with Crippen molar-refractivity contribution in [2.75, 3.05) is 10.6 Å². The number of carbonyl (C=O) groups excluding carboxylic acids is 1. The second-order valence-corrected chi connectivity index (χ2v) is 7.64. The van der Waals surface area contributed by atoms with Crippen LogP contribution in [0.25, 0.3) is 11.1 Å². The number of benzene rings is 2. The quantitative estimate of drug-likeness (QED) is 0.340. The van der Waals surface area contributed by atoms with E-state index in [1.54, 1.807) is 17.0 Å². The number of amides is 1. The van der Waals surface area contributed by atoms with Crippen molar-refractivity contribution in [3.63, 3.8) is 0 Å². The molecule has 2 heterocycles. The first-order valence-corrected chi connectivity index (χ1v) is 10.5. The lowest BCUT2D eigenvalue weighted by Gasteiger charge is -2.06. The molecular formula is C25H22F3N5O3. The molecule has 8 nitrogen and oxygen atoms in total. The van der Waals surface area contributed by atoms with E-state index in [1.165, 1.54) is 0 Å². The van der Waals surface area contributed by atoms with Crippen LogP contribution in [-0.4, -0.2) is 37.7 Å². The number of nitrogens with one attached hydrogen (secondary N) is 2. The van der Waals surface area contributed by atoms with Gasteiger partial charge in [0.15, 0.2) is 0 Å². The second-order valence-electron chi connectivity index (χ2n) is 7.64. The molecule has 0 fully saturated rings. The molecule has 2 aromatic carbocycles. The molecule has 0 aliphatic carbocycles. The first kappa shape index (κ1) is 25.9. The standard InChI is InChI=1S/C23H21N5O.C2HF3O2/c1-16-7-6-10-20(11-16)26-22(29)21-12-17(15-28(21)2)18-13-24-23(25-14-18)27-19-8-4-3-5-9-19;3-2(4,5)1(6)7/h3-15H,1-2H3,(H,26,29)(H,24,25,27);(H,6,7). The zero-order valence-electron chi connectivity index (χ0n) is 19.2. The van der Waals surface area contributed by atoms with Gasteiger partial charge in [-0.1, -0.05) is 30.3 Å². The van der Waals surface area contributed by atoms with Gasteiger partial charge >= 0.3 is 12.1 Å². The van der Waals surface area contributed by atoms with Crippen molar-refractivity contribution in [1.29, 1.82) is 0 Å². The van der Waals surface area contributed by atoms with Crippen molar-refractivity contribution in [2.24, 2.45) is 7.05 Å². The molecule has 3 N–H and O–H groups in total. The number of aromatic nitrogens is 3. The van der Waals surface area contributed by atoms with Crippen LogP contribution in [0, 0.1) is 6.92 Å². The molecule has 1 amide bonds. The van der Waals surface area contributed by atoms with Crippen molar-refractivity contribution >= 4 is 29.2 Å².